The van der Waals surface area contributed by atoms with Gasteiger partial charge in [0.2, 0.25) is 5.79 Å². The van der Waals surface area contributed by atoms with Crippen LogP contribution in [0.1, 0.15) is 97.9 Å². The van der Waals surface area contributed by atoms with Gasteiger partial charge in [0.05, 0.1) is 22.7 Å². The highest BCUT2D eigenvalue weighted by molar-refractivity contribution is 5.76. The van der Waals surface area contributed by atoms with Gasteiger partial charge in [-0.2, -0.15) is 0 Å². The second-order valence-electron chi connectivity index (χ2n) is 10.5. The van der Waals surface area contributed by atoms with Crippen LogP contribution in [-0.4, -0.2) is 22.3 Å². The molecule has 0 saturated carbocycles. The monoisotopic (exact) mass is 426 g/mol. The number of ether oxygens (including phenoxy) is 2. The average Bonchev–Trinajstić information content (AvgIpc) is 2.65. The van der Waals surface area contributed by atoms with Crippen molar-refractivity contribution in [3.63, 3.8) is 0 Å². The van der Waals surface area contributed by atoms with E-state index in [2.05, 4.69) is 32.9 Å². The molecule has 0 saturated heterocycles. The number of hydrogen-bond acceptors (Lipinski definition) is 5. The number of nitrogen functional groups attached to an aromatic ring is 1. The van der Waals surface area contributed by atoms with Crippen LogP contribution >= 0.6 is 0 Å². The van der Waals surface area contributed by atoms with Gasteiger partial charge in [-0.05, 0) is 74.3 Å². The lowest BCUT2D eigenvalue weighted by Crippen LogP contribution is -2.45. The molecule has 0 amide bonds. The van der Waals surface area contributed by atoms with Gasteiger partial charge < -0.3 is 15.2 Å². The van der Waals surface area contributed by atoms with Gasteiger partial charge in [0, 0.05) is 19.8 Å². The molecule has 3 rings (SSSR count). The van der Waals surface area contributed by atoms with E-state index in [1.54, 1.807) is 0 Å². The van der Waals surface area contributed by atoms with Gasteiger partial charge in [-0.3, -0.25) is 4.79 Å². The summed E-state index contributed by atoms with van der Waals surface area (Å²) in [5, 5.41) is 0. The summed E-state index contributed by atoms with van der Waals surface area (Å²) in [6.07, 6.45) is 10.1. The Balaban J connectivity index is 1.88. The SMILES string of the molecule is CCCCC(=O)OC1(C)CC(c2ccc(N)c(C3=CCC(C)(C)CC3)n2)=CC(C)(C)O1. The van der Waals surface area contributed by atoms with Gasteiger partial charge in [0.15, 0.2) is 0 Å². The Morgan fingerprint density at radius 3 is 2.58 bits per heavy atom. The summed E-state index contributed by atoms with van der Waals surface area (Å²) in [6.45, 7) is 12.5. The second kappa shape index (κ2) is 8.78. The van der Waals surface area contributed by atoms with Crippen LogP contribution in [-0.2, 0) is 14.3 Å². The van der Waals surface area contributed by atoms with E-state index in [4.69, 9.17) is 20.2 Å². The zero-order valence-corrected chi connectivity index (χ0v) is 20.0. The fourth-order valence-corrected chi connectivity index (χ4v) is 4.47. The fourth-order valence-electron chi connectivity index (χ4n) is 4.47. The molecule has 5 nitrogen and oxygen atoms in total. The summed E-state index contributed by atoms with van der Waals surface area (Å²) in [5.41, 5.74) is 10.7. The van der Waals surface area contributed by atoms with E-state index in [1.165, 1.54) is 5.57 Å². The Labute approximate surface area is 187 Å². The molecule has 1 aromatic rings. The lowest BCUT2D eigenvalue weighted by molar-refractivity contribution is -0.253. The standard InChI is InChI=1S/C26H38N2O3/c1-7-8-9-22(29)30-26(6)17-19(16-25(4,5)31-26)21-11-10-20(27)23(28-21)18-12-14-24(2,3)15-13-18/h10-12,16H,7-9,13-15,17,27H2,1-6H3. The Bertz CT molecular complexity index is 898. The quantitative estimate of drug-likeness (QED) is 0.541. The molecule has 0 fully saturated rings. The van der Waals surface area contributed by atoms with E-state index < -0.39 is 11.4 Å². The topological polar surface area (TPSA) is 74.4 Å². The number of carbonyl (C=O) groups is 1. The zero-order chi connectivity index (χ0) is 22.9. The van der Waals surface area contributed by atoms with E-state index in [0.717, 1.165) is 49.1 Å². The number of nitrogens with two attached hydrogens (primary N) is 1. The van der Waals surface area contributed by atoms with Gasteiger partial charge in [0.1, 0.15) is 0 Å². The maximum atomic E-state index is 12.3. The molecule has 2 N–H and O–H groups in total. The van der Waals surface area contributed by atoms with Crippen LogP contribution in [0.4, 0.5) is 5.69 Å². The number of allylic oxidation sites excluding steroid dienone is 2. The Morgan fingerprint density at radius 1 is 1.19 bits per heavy atom. The van der Waals surface area contributed by atoms with Crippen molar-refractivity contribution in [1.82, 2.24) is 4.98 Å². The van der Waals surface area contributed by atoms with Crippen molar-refractivity contribution < 1.29 is 14.3 Å². The van der Waals surface area contributed by atoms with Crippen LogP contribution in [0.5, 0.6) is 0 Å². The average molecular weight is 427 g/mol. The number of hydrogen-bond donors (Lipinski definition) is 1. The third-order valence-corrected chi connectivity index (χ3v) is 6.11. The van der Waals surface area contributed by atoms with Gasteiger partial charge in [-0.25, -0.2) is 4.98 Å². The van der Waals surface area contributed by atoms with Crippen molar-refractivity contribution >= 4 is 22.8 Å². The molecule has 31 heavy (non-hydrogen) atoms. The third kappa shape index (κ3) is 5.97. The van der Waals surface area contributed by atoms with Crippen molar-refractivity contribution in [3.05, 3.63) is 35.7 Å². The Morgan fingerprint density at radius 2 is 1.94 bits per heavy atom. The fraction of sp³-hybridized carbons (Fsp3) is 0.615. The molecule has 2 aliphatic rings. The maximum Gasteiger partial charge on any atom is 0.308 e. The summed E-state index contributed by atoms with van der Waals surface area (Å²) in [7, 11) is 0. The molecule has 170 valence electrons. The normalized spacial score (nSPS) is 24.8. The number of anilines is 1. The molecule has 1 unspecified atom stereocenters. The molecule has 2 heterocycles. The van der Waals surface area contributed by atoms with E-state index >= 15 is 0 Å². The second-order valence-corrected chi connectivity index (χ2v) is 10.5. The highest BCUT2D eigenvalue weighted by Gasteiger charge is 2.41. The highest BCUT2D eigenvalue weighted by atomic mass is 16.7. The molecule has 0 bridgehead atoms. The molecule has 0 radical (unpaired) electrons. The van der Waals surface area contributed by atoms with E-state index in [0.29, 0.717) is 23.9 Å². The van der Waals surface area contributed by atoms with Crippen molar-refractivity contribution in [1.29, 1.82) is 0 Å². The first-order valence-electron chi connectivity index (χ1n) is 11.5. The minimum atomic E-state index is -1.02. The summed E-state index contributed by atoms with van der Waals surface area (Å²) in [5.74, 6) is -1.24. The zero-order valence-electron chi connectivity index (χ0n) is 20.0. The predicted molar refractivity (Wildman–Crippen MR) is 126 cm³/mol. The van der Waals surface area contributed by atoms with Crippen LogP contribution in [0.2, 0.25) is 0 Å². The van der Waals surface area contributed by atoms with Crippen molar-refractivity contribution in [3.8, 4) is 0 Å². The van der Waals surface area contributed by atoms with Gasteiger partial charge in [-0.15, -0.1) is 0 Å². The van der Waals surface area contributed by atoms with Crippen molar-refractivity contribution in [2.75, 3.05) is 5.73 Å². The first-order chi connectivity index (χ1) is 14.4. The van der Waals surface area contributed by atoms with Crippen LogP contribution in [0, 0.1) is 5.41 Å². The predicted octanol–water partition coefficient (Wildman–Crippen LogP) is 6.29. The molecule has 1 atom stereocenters. The number of carbonyl (C=O) groups excluding carboxylic acids is 1. The van der Waals surface area contributed by atoms with Crippen molar-refractivity contribution in [2.45, 2.75) is 97.9 Å². The number of nitrogens with zero attached hydrogens (tertiary/aromatic N) is 1. The number of unbranched alkanes of at least 4 members (excludes halogenated alkanes) is 1. The molecule has 1 aliphatic heterocycles. The maximum absolute atomic E-state index is 12.3. The molecule has 0 spiro atoms. The minimum absolute atomic E-state index is 0.220. The Kier molecular flexibility index (Phi) is 6.66. The lowest BCUT2D eigenvalue weighted by Gasteiger charge is -2.41. The number of pyridine rings is 1. The van der Waals surface area contributed by atoms with Gasteiger partial charge in [-0.1, -0.05) is 33.3 Å². The molecule has 5 heteroatoms. The van der Waals surface area contributed by atoms with E-state index in [9.17, 15) is 4.79 Å². The highest BCUT2D eigenvalue weighted by Crippen LogP contribution is 2.41. The third-order valence-electron chi connectivity index (χ3n) is 6.11. The molecular formula is C26H38N2O3. The number of rotatable bonds is 6. The van der Waals surface area contributed by atoms with Crippen molar-refractivity contribution in [2.24, 2.45) is 5.41 Å². The molecular weight excluding hydrogens is 388 g/mol. The largest absolute Gasteiger partial charge is 0.433 e. The number of esters is 1. The van der Waals surface area contributed by atoms with E-state index in [-0.39, 0.29) is 5.97 Å². The smallest absolute Gasteiger partial charge is 0.308 e. The minimum Gasteiger partial charge on any atom is -0.433 e. The molecule has 1 aliphatic carbocycles. The van der Waals surface area contributed by atoms with Crippen LogP contribution in [0.25, 0.3) is 11.1 Å². The summed E-state index contributed by atoms with van der Waals surface area (Å²) < 4.78 is 12.0. The van der Waals surface area contributed by atoms with Crippen LogP contribution in [0.3, 0.4) is 0 Å². The van der Waals surface area contributed by atoms with E-state index in [1.807, 2.05) is 32.9 Å². The summed E-state index contributed by atoms with van der Waals surface area (Å²) in [4.78, 5) is 17.3. The summed E-state index contributed by atoms with van der Waals surface area (Å²) in [6, 6.07) is 3.89. The van der Waals surface area contributed by atoms with Crippen LogP contribution < -0.4 is 5.73 Å². The lowest BCUT2D eigenvalue weighted by atomic mass is 9.77. The molecule has 0 aromatic carbocycles. The molecule has 1 aromatic heterocycles. The summed E-state index contributed by atoms with van der Waals surface area (Å²) >= 11 is 0. The number of aromatic nitrogens is 1. The first-order valence-corrected chi connectivity index (χ1v) is 11.5. The first kappa shape index (κ1) is 23.5. The van der Waals surface area contributed by atoms with Crippen LogP contribution in [0.15, 0.2) is 24.3 Å². The van der Waals surface area contributed by atoms with Gasteiger partial charge in [0.25, 0.3) is 0 Å². The Hall–Kier alpha value is -2.14. The van der Waals surface area contributed by atoms with Gasteiger partial charge >= 0.3 is 5.97 Å².